The van der Waals surface area contributed by atoms with Gasteiger partial charge in [-0.2, -0.15) is 0 Å². The summed E-state index contributed by atoms with van der Waals surface area (Å²) in [6, 6.07) is 31.4. The van der Waals surface area contributed by atoms with Crippen molar-refractivity contribution in [2.75, 3.05) is 26.2 Å². The fourth-order valence-electron chi connectivity index (χ4n) is 5.18. The van der Waals surface area contributed by atoms with Crippen molar-refractivity contribution in [3.8, 4) is 41.8 Å². The summed E-state index contributed by atoms with van der Waals surface area (Å²) in [6.45, 7) is 2.58. The molecule has 0 radical (unpaired) electrons. The molecule has 214 valence electrons. The molecule has 4 nitrogen and oxygen atoms in total. The van der Waals surface area contributed by atoms with Crippen LogP contribution in [0.4, 0.5) is 0 Å². The molecule has 5 rings (SSSR count). The molecule has 41 heavy (non-hydrogen) atoms. The fourth-order valence-corrected chi connectivity index (χ4v) is 7.16. The average molecular weight is 583 g/mol. The second kappa shape index (κ2) is 14.7. The first-order valence-electron chi connectivity index (χ1n) is 14.0. The zero-order chi connectivity index (χ0) is 27.9. The van der Waals surface area contributed by atoms with Crippen LogP contribution in [0, 0.1) is 0 Å². The van der Waals surface area contributed by atoms with E-state index in [1.54, 1.807) is 0 Å². The van der Waals surface area contributed by atoms with Crippen LogP contribution in [0.15, 0.2) is 84.9 Å². The van der Waals surface area contributed by atoms with E-state index in [2.05, 4.69) is 84.9 Å². The zero-order valence-corrected chi connectivity index (χ0v) is 24.5. The first-order chi connectivity index (χ1) is 19.6. The van der Waals surface area contributed by atoms with Gasteiger partial charge in [-0.05, 0) is 127 Å². The highest BCUT2D eigenvalue weighted by atomic mass is 32.1. The van der Waals surface area contributed by atoms with Crippen LogP contribution in [0.2, 0.25) is 0 Å². The Labute approximate surface area is 253 Å². The molecule has 3 aromatic carbocycles. The van der Waals surface area contributed by atoms with Crippen molar-refractivity contribution in [3.05, 3.63) is 107 Å². The lowest BCUT2D eigenvalue weighted by Gasteiger charge is -2.08. The van der Waals surface area contributed by atoms with Gasteiger partial charge < -0.3 is 22.9 Å². The van der Waals surface area contributed by atoms with Crippen LogP contribution in [0.25, 0.3) is 41.8 Å². The second-order valence-electron chi connectivity index (χ2n) is 10.1. The smallest absolute Gasteiger partial charge is 0.0349 e. The van der Waals surface area contributed by atoms with Crippen molar-refractivity contribution < 1.29 is 0 Å². The summed E-state index contributed by atoms with van der Waals surface area (Å²) in [6.07, 6.45) is 3.50. The van der Waals surface area contributed by atoms with Crippen molar-refractivity contribution in [1.29, 1.82) is 0 Å². The highest BCUT2D eigenvalue weighted by molar-refractivity contribution is 7.19. The molecule has 0 aliphatic carbocycles. The van der Waals surface area contributed by atoms with Crippen LogP contribution < -0.4 is 22.9 Å². The summed E-state index contributed by atoms with van der Waals surface area (Å²) in [4.78, 5) is 5.06. The maximum Gasteiger partial charge on any atom is 0.0349 e. The molecule has 0 saturated heterocycles. The minimum absolute atomic E-state index is 0. The van der Waals surface area contributed by atoms with E-state index < -0.39 is 0 Å². The third-order valence-corrected chi connectivity index (χ3v) is 9.42. The van der Waals surface area contributed by atoms with Crippen LogP contribution in [0.1, 0.15) is 29.7 Å². The third kappa shape index (κ3) is 7.60. The number of benzene rings is 3. The Kier molecular flexibility index (Phi) is 11.1. The van der Waals surface area contributed by atoms with Gasteiger partial charge in [0.05, 0.1) is 0 Å². The van der Waals surface area contributed by atoms with Crippen LogP contribution in [-0.4, -0.2) is 26.2 Å². The molecule has 5 aromatic rings. The third-order valence-electron chi connectivity index (χ3n) is 7.05. The molecular formula is C35H42N4S2. The lowest BCUT2D eigenvalue weighted by atomic mass is 10.0. The predicted molar refractivity (Wildman–Crippen MR) is 182 cm³/mol. The molecule has 0 saturated carbocycles. The molecule has 6 heteroatoms. The van der Waals surface area contributed by atoms with Crippen molar-refractivity contribution in [3.63, 3.8) is 0 Å². The van der Waals surface area contributed by atoms with E-state index in [0.717, 1.165) is 25.7 Å². The van der Waals surface area contributed by atoms with E-state index in [9.17, 15) is 0 Å². The molecule has 2 aromatic heterocycles. The lowest BCUT2D eigenvalue weighted by Crippen LogP contribution is -2.06. The summed E-state index contributed by atoms with van der Waals surface area (Å²) in [5.41, 5.74) is 33.5. The molecule has 0 aliphatic heterocycles. The Balaban J connectivity index is 0.00000387. The van der Waals surface area contributed by atoms with E-state index in [1.807, 2.05) is 22.7 Å². The topological polar surface area (TPSA) is 104 Å². The Morgan fingerprint density at radius 2 is 0.707 bits per heavy atom. The van der Waals surface area contributed by atoms with Crippen LogP contribution in [0.5, 0.6) is 0 Å². The standard InChI is InChI=1S/C34H38N4S2.CH4/c35-12-8-23-16-24(9-13-36)19-29(18-23)33-6-4-31(39-33)27-2-1-3-28(22-27)32-5-7-34(40-32)30-20-25(10-14-37)17-26(21-30)11-15-38;/h1-7,16-22H,8-15,35-38H2;1H4. The first kappa shape index (κ1) is 30.8. The highest BCUT2D eigenvalue weighted by Crippen LogP contribution is 2.39. The van der Waals surface area contributed by atoms with E-state index >= 15 is 0 Å². The normalized spacial score (nSPS) is 11.0. The van der Waals surface area contributed by atoms with E-state index in [1.165, 1.54) is 64.0 Å². The van der Waals surface area contributed by atoms with Gasteiger partial charge in [-0.3, -0.25) is 0 Å². The number of nitrogens with two attached hydrogens (primary N) is 4. The van der Waals surface area contributed by atoms with Gasteiger partial charge in [-0.25, -0.2) is 0 Å². The maximum absolute atomic E-state index is 5.86. The van der Waals surface area contributed by atoms with Crippen molar-refractivity contribution in [1.82, 2.24) is 0 Å². The van der Waals surface area contributed by atoms with Gasteiger partial charge in [-0.1, -0.05) is 62.0 Å². The molecule has 2 heterocycles. The van der Waals surface area contributed by atoms with Crippen molar-refractivity contribution in [2.45, 2.75) is 33.1 Å². The number of rotatable bonds is 12. The molecule has 0 fully saturated rings. The Morgan fingerprint density at radius 3 is 1.02 bits per heavy atom. The minimum atomic E-state index is 0. The number of thiophene rings is 2. The van der Waals surface area contributed by atoms with Crippen LogP contribution >= 0.6 is 22.7 Å². The Bertz CT molecular complexity index is 1400. The molecule has 0 amide bonds. The van der Waals surface area contributed by atoms with Crippen molar-refractivity contribution >= 4 is 22.7 Å². The number of hydrogen-bond donors (Lipinski definition) is 4. The zero-order valence-electron chi connectivity index (χ0n) is 22.9. The quantitative estimate of drug-likeness (QED) is 0.126. The van der Waals surface area contributed by atoms with Gasteiger partial charge in [0.25, 0.3) is 0 Å². The summed E-state index contributed by atoms with van der Waals surface area (Å²) < 4.78 is 0. The average Bonchev–Trinajstić information content (AvgIpc) is 3.65. The SMILES string of the molecule is C.NCCc1cc(CCN)cc(-c2ccc(-c3cccc(-c4ccc(-c5cc(CCN)cc(CCN)c5)s4)c3)s2)c1. The van der Waals surface area contributed by atoms with Gasteiger partial charge in [0.15, 0.2) is 0 Å². The van der Waals surface area contributed by atoms with Gasteiger partial charge in [0.2, 0.25) is 0 Å². The highest BCUT2D eigenvalue weighted by Gasteiger charge is 2.11. The van der Waals surface area contributed by atoms with E-state index in [0.29, 0.717) is 26.2 Å². The molecule has 0 bridgehead atoms. The van der Waals surface area contributed by atoms with Crippen LogP contribution in [0.3, 0.4) is 0 Å². The minimum Gasteiger partial charge on any atom is -0.330 e. The van der Waals surface area contributed by atoms with E-state index in [4.69, 9.17) is 22.9 Å². The predicted octanol–water partition coefficient (Wildman–Crippen LogP) is 7.12. The second-order valence-corrected chi connectivity index (χ2v) is 12.3. The van der Waals surface area contributed by atoms with Gasteiger partial charge in [0, 0.05) is 19.5 Å². The molecule has 0 unspecified atom stereocenters. The maximum atomic E-state index is 5.86. The van der Waals surface area contributed by atoms with Crippen molar-refractivity contribution in [2.24, 2.45) is 22.9 Å². The molecule has 8 N–H and O–H groups in total. The monoisotopic (exact) mass is 582 g/mol. The Hall–Kier alpha value is -3.10. The van der Waals surface area contributed by atoms with Gasteiger partial charge >= 0.3 is 0 Å². The first-order valence-corrected chi connectivity index (χ1v) is 15.6. The molecule has 0 atom stereocenters. The summed E-state index contributed by atoms with van der Waals surface area (Å²) in [5.74, 6) is 0. The number of hydrogen-bond acceptors (Lipinski definition) is 6. The van der Waals surface area contributed by atoms with Gasteiger partial charge in [-0.15, -0.1) is 22.7 Å². The summed E-state index contributed by atoms with van der Waals surface area (Å²) in [5, 5.41) is 0. The van der Waals surface area contributed by atoms with Gasteiger partial charge in [0.1, 0.15) is 0 Å². The Morgan fingerprint density at radius 1 is 0.390 bits per heavy atom. The fraction of sp³-hybridized carbons (Fsp3) is 0.257. The lowest BCUT2D eigenvalue weighted by molar-refractivity contribution is 0.941. The summed E-state index contributed by atoms with van der Waals surface area (Å²) >= 11 is 3.66. The summed E-state index contributed by atoms with van der Waals surface area (Å²) in [7, 11) is 0. The largest absolute Gasteiger partial charge is 0.330 e. The van der Waals surface area contributed by atoms with Crippen LogP contribution in [-0.2, 0) is 25.7 Å². The molecule has 0 spiro atoms. The molecule has 0 aliphatic rings. The van der Waals surface area contributed by atoms with E-state index in [-0.39, 0.29) is 7.43 Å². The molecular weight excluding hydrogens is 541 g/mol.